The maximum absolute atomic E-state index is 14.2. The van der Waals surface area contributed by atoms with Gasteiger partial charge in [0.15, 0.2) is 0 Å². The minimum absolute atomic E-state index is 0.0102. The summed E-state index contributed by atoms with van der Waals surface area (Å²) < 4.78 is 143. The standard InChI is InChI=1S/C85H147F5N16O30/c1-53(110)94-75-59(133-62(50-107)78(118)81(75)121)44-56-47-104(101-98-56)23-29-127-35-41-130-38-32-124-26-20-91-65(113)14-17-85(97-68(116)12-10-8-6-4-5-7-9-11-13-69(117)136-84-73(89)71(87)70(86)72(88)74(84)90,18-15-66(114)92-21-27-125-33-39-131-42-36-128-30-24-105-48-57(99-102-105)45-60-76(95-54(2)111)82(122)79(119)63(51-108)134-60)19-16-67(115)93-22-28-126-34-40-132-43-37-129-31-25-106-49-58(100-103-106)46-61-77(96-55(3)112)83(123)80(120)64(52-109)135-61/h56-64,75-83,98-103,107-109,118-123H,4-52H2,1-3H3,(H,91,113)(H,92,114)(H,93,115)(H,94,110)(H,95,111)(H,96,112)(H,97,116)/t56?,57?,58?,59-,60-,61-,62-,63-,64-,75+,76+,77+,78+,79+,80+,81-,82-,83-,85?/m1/s1. The Hall–Kier alpha value is -6.57. The van der Waals surface area contributed by atoms with Crippen LogP contribution in [0.2, 0.25) is 0 Å². The highest BCUT2D eigenvalue weighted by atomic mass is 19.2. The quantitative estimate of drug-likeness (QED) is 0.00721. The van der Waals surface area contributed by atoms with Crippen molar-refractivity contribution < 1.29 is 168 Å². The molecule has 0 aliphatic carbocycles. The van der Waals surface area contributed by atoms with Crippen LogP contribution in [0.3, 0.4) is 0 Å². The Balaban J connectivity index is 0.841. The van der Waals surface area contributed by atoms with Crippen molar-refractivity contribution in [1.29, 1.82) is 0 Å². The Labute approximate surface area is 787 Å². The van der Waals surface area contributed by atoms with Crippen molar-refractivity contribution in [3.05, 3.63) is 29.1 Å². The van der Waals surface area contributed by atoms with E-state index in [1.807, 2.05) is 15.0 Å². The molecule has 7 amide bonds. The minimum atomic E-state index is -2.38. The summed E-state index contributed by atoms with van der Waals surface area (Å²) in [5, 5.41) is 118. The molecule has 136 heavy (non-hydrogen) atoms. The third-order valence-electron chi connectivity index (χ3n) is 23.6. The zero-order valence-electron chi connectivity index (χ0n) is 77.9. The molecular weight excluding hydrogens is 1820 g/mol. The van der Waals surface area contributed by atoms with Gasteiger partial charge in [-0.25, -0.2) is 44.5 Å². The molecule has 51 heteroatoms. The molecule has 0 aromatic heterocycles. The van der Waals surface area contributed by atoms with Crippen LogP contribution >= 0.6 is 0 Å². The van der Waals surface area contributed by atoms with Crippen LogP contribution in [0.15, 0.2) is 0 Å². The second-order valence-corrected chi connectivity index (χ2v) is 34.3. The van der Waals surface area contributed by atoms with Crippen molar-refractivity contribution in [3.8, 4) is 5.75 Å². The van der Waals surface area contributed by atoms with Gasteiger partial charge in [0.2, 0.25) is 76.2 Å². The number of esters is 1. The zero-order chi connectivity index (χ0) is 98.7. The highest BCUT2D eigenvalue weighted by Crippen LogP contribution is 2.33. The maximum Gasteiger partial charge on any atom is 0.311 e. The largest absolute Gasteiger partial charge is 0.420 e. The van der Waals surface area contributed by atoms with Crippen molar-refractivity contribution in [1.82, 2.24) is 85.1 Å². The van der Waals surface area contributed by atoms with Gasteiger partial charge in [-0.2, -0.15) is 25.4 Å². The number of ether oxygens (including phenoxy) is 13. The van der Waals surface area contributed by atoms with E-state index in [0.29, 0.717) is 117 Å². The fourth-order valence-corrected chi connectivity index (χ4v) is 16.4. The lowest BCUT2D eigenvalue weighted by atomic mass is 9.82. The summed E-state index contributed by atoms with van der Waals surface area (Å²) >= 11 is 0. The van der Waals surface area contributed by atoms with Crippen LogP contribution in [-0.2, 0) is 95.2 Å². The molecule has 18 atom stereocenters. The molecule has 0 spiro atoms. The lowest BCUT2D eigenvalue weighted by Gasteiger charge is -2.43. The number of nitrogens with one attached hydrogen (secondary N) is 13. The Morgan fingerprint density at radius 3 is 0.919 bits per heavy atom. The van der Waals surface area contributed by atoms with E-state index in [9.17, 15) is 106 Å². The second kappa shape index (κ2) is 64.8. The first-order valence-electron chi connectivity index (χ1n) is 46.9. The summed E-state index contributed by atoms with van der Waals surface area (Å²) in [6.07, 6.45) is -8.53. The van der Waals surface area contributed by atoms with E-state index in [-0.39, 0.29) is 201 Å². The summed E-state index contributed by atoms with van der Waals surface area (Å²) in [4.78, 5) is 103. The molecule has 0 radical (unpaired) electrons. The third kappa shape index (κ3) is 42.3. The number of hydrazine groups is 6. The Morgan fingerprint density at radius 1 is 0.353 bits per heavy atom. The Kier molecular flexibility index (Phi) is 55.4. The molecule has 7 rings (SSSR count). The fourth-order valence-electron chi connectivity index (χ4n) is 16.4. The van der Waals surface area contributed by atoms with Crippen molar-refractivity contribution >= 4 is 47.3 Å². The van der Waals surface area contributed by atoms with Crippen molar-refractivity contribution in [3.63, 3.8) is 0 Å². The number of amides is 7. The highest BCUT2D eigenvalue weighted by molar-refractivity contribution is 5.80. The van der Waals surface area contributed by atoms with Crippen LogP contribution in [-0.4, -0.2) is 421 Å². The number of nitrogens with zero attached hydrogens (tertiary/aromatic N) is 3. The Bertz CT molecular complexity index is 3380. The summed E-state index contributed by atoms with van der Waals surface area (Å²) in [5.41, 5.74) is 17.4. The molecule has 6 saturated heterocycles. The first-order valence-corrected chi connectivity index (χ1v) is 46.9. The van der Waals surface area contributed by atoms with E-state index in [0.717, 1.165) is 6.42 Å². The van der Waals surface area contributed by atoms with Crippen LogP contribution in [0.1, 0.15) is 143 Å². The predicted octanol–water partition coefficient (Wildman–Crippen LogP) is -5.91. The number of rotatable bonds is 70. The van der Waals surface area contributed by atoms with Crippen LogP contribution < -0.4 is 74.8 Å². The summed E-state index contributed by atoms with van der Waals surface area (Å²) in [5.74, 6) is -17.0. The van der Waals surface area contributed by atoms with Gasteiger partial charge in [-0.3, -0.25) is 38.4 Å². The SMILES string of the molecule is CC(=O)N[C@@H]1[C@@H](O)[C@@H](O)[C@@H](CO)O[C@@H]1CC1CN(CCOCCOCCOCCNC(=O)CCC(CCC(=O)NCCOCCOCCOCCN2CC(C[C@H]3O[C@H](CO)[C@H](O)[C@H](O)[C@H]3NC(C)=O)NN2)(CCC(=O)NCCOCCOCCOCCN2CC(C[C@H]3O[C@H](CO)[C@H](O)[C@H](O)[C@H]3NC(C)=O)NN2)NC(=O)CCCCCCCCCCC(=O)Oc2c(F)c(F)c(F)c(F)c2F)NN1. The minimum Gasteiger partial charge on any atom is -0.420 e. The van der Waals surface area contributed by atoms with Gasteiger partial charge in [0.1, 0.15) is 54.9 Å². The summed E-state index contributed by atoms with van der Waals surface area (Å²) in [7, 11) is 0. The molecule has 6 heterocycles. The van der Waals surface area contributed by atoms with E-state index >= 15 is 0 Å². The third-order valence-corrected chi connectivity index (χ3v) is 23.6. The zero-order valence-corrected chi connectivity index (χ0v) is 77.9. The number of aliphatic hydroxyl groups excluding tert-OH is 9. The van der Waals surface area contributed by atoms with Crippen molar-refractivity contribution in [2.24, 2.45) is 0 Å². The van der Waals surface area contributed by atoms with Gasteiger partial charge in [0.25, 0.3) is 0 Å². The van der Waals surface area contributed by atoms with E-state index in [4.69, 9.17) is 56.8 Å². The van der Waals surface area contributed by atoms with Crippen LogP contribution in [0, 0.1) is 29.1 Å². The smallest absolute Gasteiger partial charge is 0.311 e. The van der Waals surface area contributed by atoms with Crippen LogP contribution in [0.25, 0.3) is 0 Å². The van der Waals surface area contributed by atoms with Gasteiger partial charge in [-0.1, -0.05) is 38.5 Å². The molecule has 1 aromatic rings. The molecule has 3 unspecified atom stereocenters. The number of unbranched alkanes of at least 4 members (excludes halogenated alkanes) is 7. The van der Waals surface area contributed by atoms with Crippen molar-refractivity contribution in [2.45, 2.75) is 258 Å². The fraction of sp³-hybridized carbons (Fsp3) is 0.835. The normalized spacial score (nSPS) is 26.0. The number of benzene rings is 1. The molecule has 0 saturated carbocycles. The molecule has 46 nitrogen and oxygen atoms in total. The molecule has 1 aromatic carbocycles. The van der Waals surface area contributed by atoms with Crippen molar-refractivity contribution in [2.75, 3.05) is 198 Å². The maximum atomic E-state index is 14.2. The van der Waals surface area contributed by atoms with Crippen LogP contribution in [0.4, 0.5) is 22.0 Å². The number of aliphatic hydroxyl groups is 9. The van der Waals surface area contributed by atoms with Gasteiger partial charge >= 0.3 is 5.97 Å². The van der Waals surface area contributed by atoms with E-state index in [1.165, 1.54) is 20.8 Å². The summed E-state index contributed by atoms with van der Waals surface area (Å²) in [6.45, 7) is 9.86. The number of carbonyl (C=O) groups excluding carboxylic acids is 8. The van der Waals surface area contributed by atoms with Gasteiger partial charge < -0.3 is 145 Å². The molecule has 6 aliphatic heterocycles. The van der Waals surface area contributed by atoms with Gasteiger partial charge in [-0.05, 0) is 51.4 Å². The average molecular weight is 1970 g/mol. The van der Waals surface area contributed by atoms with E-state index < -0.39 is 193 Å². The predicted molar refractivity (Wildman–Crippen MR) is 468 cm³/mol. The lowest BCUT2D eigenvalue weighted by molar-refractivity contribution is -0.197. The van der Waals surface area contributed by atoms with Crippen LogP contribution in [0.5, 0.6) is 5.75 Å². The average Bonchev–Trinajstić information content (AvgIpc) is 0.997. The van der Waals surface area contributed by atoms with Gasteiger partial charge in [0, 0.05) is 135 Å². The van der Waals surface area contributed by atoms with Gasteiger partial charge in [0.05, 0.1) is 175 Å². The van der Waals surface area contributed by atoms with E-state index in [2.05, 4.69) is 74.8 Å². The van der Waals surface area contributed by atoms with E-state index in [1.54, 1.807) is 0 Å². The number of halogens is 5. The second-order valence-electron chi connectivity index (χ2n) is 34.3. The number of carbonyl (C=O) groups is 8. The van der Waals surface area contributed by atoms with Gasteiger partial charge in [-0.15, -0.1) is 0 Å². The molecule has 0 bridgehead atoms. The summed E-state index contributed by atoms with van der Waals surface area (Å²) in [6, 6.07) is -3.21. The topological polar surface area (TPSA) is 605 Å². The highest BCUT2D eigenvalue weighted by Gasteiger charge is 2.49. The molecular formula is C85H147F5N16O30. The Morgan fingerprint density at radius 2 is 0.625 bits per heavy atom. The first-order chi connectivity index (χ1) is 65.4. The monoisotopic (exact) mass is 1970 g/mol. The number of hydrogen-bond donors (Lipinski definition) is 22. The molecule has 6 fully saturated rings. The molecule has 782 valence electrons. The first kappa shape index (κ1) is 116. The molecule has 6 aliphatic rings. The molecule has 22 N–H and O–H groups in total. The lowest BCUT2D eigenvalue weighted by Crippen LogP contribution is -2.64. The number of hydrogen-bond acceptors (Lipinski definition) is 39.